The largest absolute Gasteiger partial charge is 0.392 e. The first kappa shape index (κ1) is 20.4. The molecular weight excluding hydrogens is 352 g/mol. The summed E-state index contributed by atoms with van der Waals surface area (Å²) >= 11 is 0. The van der Waals surface area contributed by atoms with Gasteiger partial charge in [-0.1, -0.05) is 5.46 Å². The van der Waals surface area contributed by atoms with E-state index < -0.39 is 18.3 Å². The molecule has 0 atom stereocenters. The molecule has 1 aliphatic rings. The van der Waals surface area contributed by atoms with Crippen LogP contribution in [0.25, 0.3) is 0 Å². The molecule has 0 bridgehead atoms. The van der Waals surface area contributed by atoms with E-state index in [1.54, 1.807) is 0 Å². The number of H-pyrrole nitrogens is 1. The van der Waals surface area contributed by atoms with E-state index in [1.807, 2.05) is 0 Å². The summed E-state index contributed by atoms with van der Waals surface area (Å²) in [5.41, 5.74) is 5.72. The molecule has 27 heavy (non-hydrogen) atoms. The molecule has 140 valence electrons. The molecule has 1 aromatic heterocycles. The van der Waals surface area contributed by atoms with Gasteiger partial charge in [-0.2, -0.15) is 10.4 Å². The number of primary amides is 1. The molecule has 1 saturated heterocycles. The van der Waals surface area contributed by atoms with Gasteiger partial charge in [-0.15, -0.1) is 0 Å². The number of aliphatic hydroxyl groups excluding tert-OH is 1. The first-order valence-electron chi connectivity index (χ1n) is 8.22. The molecule has 1 fully saturated rings. The highest BCUT2D eigenvalue weighted by Gasteiger charge is 2.13. The van der Waals surface area contributed by atoms with Crippen LogP contribution in [0.3, 0.4) is 0 Å². The van der Waals surface area contributed by atoms with Crippen LogP contribution >= 0.6 is 0 Å². The van der Waals surface area contributed by atoms with Gasteiger partial charge in [0, 0.05) is 18.9 Å². The zero-order chi connectivity index (χ0) is 19.8. The number of aromatic amines is 1. The molecule has 5 N–H and O–H groups in total. The lowest BCUT2D eigenvalue weighted by atomic mass is 9.90. The molecule has 1 aromatic carbocycles. The van der Waals surface area contributed by atoms with E-state index in [4.69, 9.17) is 28.7 Å². The molecule has 1 aliphatic heterocycles. The van der Waals surface area contributed by atoms with Gasteiger partial charge in [-0.3, -0.25) is 9.89 Å². The monoisotopic (exact) mass is 371 g/mol. The number of benzene rings is 1. The summed E-state index contributed by atoms with van der Waals surface area (Å²) in [5.74, 6) is -0.840. The third kappa shape index (κ3) is 5.54. The second-order valence-electron chi connectivity index (χ2n) is 5.85. The number of nitrogens with two attached hydrogens (primary N) is 1. The predicted octanol–water partition coefficient (Wildman–Crippen LogP) is 0.614. The van der Waals surface area contributed by atoms with Gasteiger partial charge in [-0.25, -0.2) is 4.39 Å². The molecule has 2 radical (unpaired) electrons. The van der Waals surface area contributed by atoms with Gasteiger partial charge in [0.2, 0.25) is 0 Å². The molecule has 0 spiro atoms. The Bertz CT molecular complexity index is 830. The van der Waals surface area contributed by atoms with E-state index in [0.29, 0.717) is 5.69 Å². The Morgan fingerprint density at radius 1 is 1.52 bits per heavy atom. The summed E-state index contributed by atoms with van der Waals surface area (Å²) < 4.78 is 18.6. The first-order valence-corrected chi connectivity index (χ1v) is 8.22. The van der Waals surface area contributed by atoms with Crippen LogP contribution in [-0.2, 0) is 11.3 Å². The predicted molar refractivity (Wildman–Crippen MR) is 97.3 cm³/mol. The summed E-state index contributed by atoms with van der Waals surface area (Å²) in [6.07, 6.45) is 3.11. The molecule has 0 unspecified atom stereocenters. The third-order valence-corrected chi connectivity index (χ3v) is 3.96. The van der Waals surface area contributed by atoms with Gasteiger partial charge in [0.15, 0.2) is 0 Å². The quantitative estimate of drug-likeness (QED) is 0.582. The highest BCUT2D eigenvalue weighted by molar-refractivity contribution is 6.33. The Morgan fingerprint density at radius 3 is 2.78 bits per heavy atom. The van der Waals surface area contributed by atoms with Crippen molar-refractivity contribution in [2.75, 3.05) is 18.5 Å². The number of hydrogen-bond acceptors (Lipinski definition) is 6. The maximum absolute atomic E-state index is 13.5. The topological polar surface area (TPSA) is 137 Å². The van der Waals surface area contributed by atoms with Crippen LogP contribution in [0.15, 0.2) is 18.3 Å². The summed E-state index contributed by atoms with van der Waals surface area (Å²) in [6, 6.07) is 4.83. The van der Waals surface area contributed by atoms with Crippen molar-refractivity contribution in [1.82, 2.24) is 10.2 Å². The normalized spacial score (nSPS) is 14.0. The molecule has 0 saturated carbocycles. The van der Waals surface area contributed by atoms with Crippen molar-refractivity contribution in [1.29, 1.82) is 5.26 Å². The number of aromatic nitrogens is 2. The van der Waals surface area contributed by atoms with Crippen molar-refractivity contribution in [3.8, 4) is 6.07 Å². The van der Waals surface area contributed by atoms with Crippen molar-refractivity contribution in [2.45, 2.75) is 19.4 Å². The SMILES string of the molecule is N#CC1CCOCC1.[B]c1c(F)cc(Nc2[nH]ncc2C(N)=O)cc1CO. The minimum absolute atomic E-state index is 0.118. The second kappa shape index (κ2) is 9.71. The Kier molecular flexibility index (Phi) is 7.34. The van der Waals surface area contributed by atoms with E-state index in [0.717, 1.165) is 32.1 Å². The Labute approximate surface area is 156 Å². The molecular formula is C17H19BFN5O3. The van der Waals surface area contributed by atoms with E-state index in [9.17, 15) is 9.18 Å². The Balaban J connectivity index is 0.000000273. The summed E-state index contributed by atoms with van der Waals surface area (Å²) in [7, 11) is 5.46. The summed E-state index contributed by atoms with van der Waals surface area (Å²) in [4.78, 5) is 11.1. The van der Waals surface area contributed by atoms with Crippen molar-refractivity contribution < 1.29 is 19.0 Å². The maximum atomic E-state index is 13.5. The van der Waals surface area contributed by atoms with E-state index in [1.165, 1.54) is 12.3 Å². The summed E-state index contributed by atoms with van der Waals surface area (Å²) in [5, 5.41) is 26.4. The van der Waals surface area contributed by atoms with Crippen LogP contribution in [0.1, 0.15) is 28.8 Å². The number of halogens is 1. The molecule has 8 nitrogen and oxygen atoms in total. The number of carbonyl (C=O) groups excluding carboxylic acids is 1. The molecule has 0 aliphatic carbocycles. The number of rotatable bonds is 4. The minimum Gasteiger partial charge on any atom is -0.392 e. The standard InChI is InChI=1S/C11H10BFN4O2.C6H9NO/c12-9-5(4-18)1-6(2-8(9)13)16-11-7(10(14)19)3-15-17-11;7-5-6-1-3-8-4-2-6/h1-3,18H,4H2,(H2,14,19)(H2,15,16,17);6H,1-4H2. The number of nitriles is 1. The van der Waals surface area contributed by atoms with Crippen molar-refractivity contribution in [3.63, 3.8) is 0 Å². The summed E-state index contributed by atoms with van der Waals surface area (Å²) in [6.45, 7) is 1.15. The number of anilines is 2. The maximum Gasteiger partial charge on any atom is 0.254 e. The van der Waals surface area contributed by atoms with Crippen LogP contribution in [0.4, 0.5) is 15.9 Å². The van der Waals surface area contributed by atoms with Crippen molar-refractivity contribution >= 4 is 30.7 Å². The smallest absolute Gasteiger partial charge is 0.254 e. The van der Waals surface area contributed by atoms with Crippen LogP contribution in [0.5, 0.6) is 0 Å². The minimum atomic E-state index is -0.672. The number of nitrogens with one attached hydrogen (secondary N) is 2. The first-order chi connectivity index (χ1) is 13.0. The van der Waals surface area contributed by atoms with Crippen LogP contribution < -0.4 is 16.5 Å². The second-order valence-corrected chi connectivity index (χ2v) is 5.85. The number of nitrogens with zero attached hydrogens (tertiary/aromatic N) is 2. The number of carbonyl (C=O) groups is 1. The fourth-order valence-electron chi connectivity index (χ4n) is 2.42. The van der Waals surface area contributed by atoms with Gasteiger partial charge in [0.05, 0.1) is 24.8 Å². The third-order valence-electron chi connectivity index (χ3n) is 3.96. The number of amides is 1. The lowest BCUT2D eigenvalue weighted by Gasteiger charge is -2.14. The van der Waals surface area contributed by atoms with Gasteiger partial charge in [0.1, 0.15) is 25.0 Å². The lowest BCUT2D eigenvalue weighted by Crippen LogP contribution is -2.16. The van der Waals surface area contributed by atoms with Crippen LogP contribution in [0, 0.1) is 23.1 Å². The van der Waals surface area contributed by atoms with Crippen molar-refractivity contribution in [3.05, 3.63) is 35.3 Å². The van der Waals surface area contributed by atoms with Gasteiger partial charge in [-0.05, 0) is 30.5 Å². The van der Waals surface area contributed by atoms with Crippen molar-refractivity contribution in [2.24, 2.45) is 11.7 Å². The van der Waals surface area contributed by atoms with E-state index in [-0.39, 0.29) is 28.3 Å². The van der Waals surface area contributed by atoms with Gasteiger partial charge < -0.3 is 20.9 Å². The van der Waals surface area contributed by atoms with Crippen LogP contribution in [0.2, 0.25) is 0 Å². The molecule has 10 heteroatoms. The molecule has 3 rings (SSSR count). The van der Waals surface area contributed by atoms with Crippen LogP contribution in [-0.4, -0.2) is 42.3 Å². The van der Waals surface area contributed by atoms with E-state index >= 15 is 0 Å². The Morgan fingerprint density at radius 2 is 2.22 bits per heavy atom. The van der Waals surface area contributed by atoms with E-state index in [2.05, 4.69) is 21.6 Å². The zero-order valence-corrected chi connectivity index (χ0v) is 14.5. The van der Waals surface area contributed by atoms with Gasteiger partial charge >= 0.3 is 0 Å². The molecule has 2 heterocycles. The lowest BCUT2D eigenvalue weighted by molar-refractivity contribution is 0.0802. The fourth-order valence-corrected chi connectivity index (χ4v) is 2.42. The highest BCUT2D eigenvalue weighted by atomic mass is 19.1. The highest BCUT2D eigenvalue weighted by Crippen LogP contribution is 2.19. The average molecular weight is 371 g/mol. The average Bonchev–Trinajstić information content (AvgIpc) is 3.14. The van der Waals surface area contributed by atoms with Gasteiger partial charge in [0.25, 0.3) is 5.91 Å². The molecule has 2 aromatic rings. The fraction of sp³-hybridized carbons (Fsp3) is 0.353. The zero-order valence-electron chi connectivity index (χ0n) is 14.5. The number of hydrogen-bond donors (Lipinski definition) is 4. The number of aliphatic hydroxyl groups is 1. The molecule has 1 amide bonds. The number of ether oxygens (including phenoxy) is 1. The Hall–Kier alpha value is -2.90.